The van der Waals surface area contributed by atoms with E-state index in [0.29, 0.717) is 6.54 Å². The maximum Gasteiger partial charge on any atom is 0.342 e. The number of halogens is 2. The SMILES string of the molecule is COC(=O)c1c(F)cccc1S(=O)(=O)N1C[C@@H](CN)[C@H](c2ccccc2)C1.Cl. The van der Waals surface area contributed by atoms with Crippen molar-refractivity contribution in [3.8, 4) is 0 Å². The number of carbonyl (C=O) groups excluding carboxylic acids is 1. The molecule has 1 saturated heterocycles. The van der Waals surface area contributed by atoms with Gasteiger partial charge in [-0.3, -0.25) is 0 Å². The van der Waals surface area contributed by atoms with Gasteiger partial charge in [0.25, 0.3) is 0 Å². The largest absolute Gasteiger partial charge is 0.465 e. The zero-order chi connectivity index (χ0) is 19.6. The summed E-state index contributed by atoms with van der Waals surface area (Å²) in [5, 5.41) is 0. The molecule has 0 spiro atoms. The summed E-state index contributed by atoms with van der Waals surface area (Å²) < 4.78 is 46.4. The summed E-state index contributed by atoms with van der Waals surface area (Å²) in [5.41, 5.74) is 6.30. The van der Waals surface area contributed by atoms with E-state index in [1.54, 1.807) is 0 Å². The molecule has 3 rings (SSSR count). The number of sulfonamides is 1. The molecule has 1 aliphatic heterocycles. The van der Waals surface area contributed by atoms with Crippen molar-refractivity contribution in [3.05, 3.63) is 65.5 Å². The molecule has 1 heterocycles. The molecule has 2 aromatic rings. The van der Waals surface area contributed by atoms with Crippen LogP contribution in [-0.4, -0.2) is 45.4 Å². The minimum Gasteiger partial charge on any atom is -0.465 e. The monoisotopic (exact) mass is 428 g/mol. The summed E-state index contributed by atoms with van der Waals surface area (Å²) in [5.74, 6) is -2.10. The Kier molecular flexibility index (Phi) is 7.16. The van der Waals surface area contributed by atoms with Gasteiger partial charge in [-0.2, -0.15) is 4.31 Å². The smallest absolute Gasteiger partial charge is 0.342 e. The number of benzene rings is 2. The van der Waals surface area contributed by atoms with Crippen LogP contribution in [0.5, 0.6) is 0 Å². The van der Waals surface area contributed by atoms with E-state index in [0.717, 1.165) is 18.7 Å². The number of nitrogens with two attached hydrogens (primary N) is 1. The molecule has 0 aromatic heterocycles. The fraction of sp³-hybridized carbons (Fsp3) is 0.316. The van der Waals surface area contributed by atoms with Crippen LogP contribution < -0.4 is 5.73 Å². The number of nitrogens with zero attached hydrogens (tertiary/aromatic N) is 1. The third-order valence-electron chi connectivity index (χ3n) is 4.92. The molecule has 0 unspecified atom stereocenters. The molecule has 0 bridgehead atoms. The van der Waals surface area contributed by atoms with Crippen molar-refractivity contribution >= 4 is 28.4 Å². The topological polar surface area (TPSA) is 89.7 Å². The van der Waals surface area contributed by atoms with Gasteiger partial charge in [0.1, 0.15) is 11.4 Å². The zero-order valence-electron chi connectivity index (χ0n) is 15.2. The van der Waals surface area contributed by atoms with Crippen molar-refractivity contribution in [1.82, 2.24) is 4.31 Å². The van der Waals surface area contributed by atoms with Gasteiger partial charge in [0.05, 0.1) is 12.0 Å². The predicted octanol–water partition coefficient (Wildman–Crippen LogP) is 2.40. The van der Waals surface area contributed by atoms with Crippen LogP contribution in [-0.2, 0) is 14.8 Å². The highest BCUT2D eigenvalue weighted by atomic mass is 35.5. The molecule has 9 heteroatoms. The van der Waals surface area contributed by atoms with E-state index in [-0.39, 0.29) is 42.2 Å². The number of hydrogen-bond acceptors (Lipinski definition) is 5. The lowest BCUT2D eigenvalue weighted by Gasteiger charge is -2.18. The molecular weight excluding hydrogens is 407 g/mol. The van der Waals surface area contributed by atoms with E-state index >= 15 is 0 Å². The second kappa shape index (κ2) is 9.00. The quantitative estimate of drug-likeness (QED) is 0.738. The second-order valence-corrected chi connectivity index (χ2v) is 8.35. The Hall–Kier alpha value is -2.00. The summed E-state index contributed by atoms with van der Waals surface area (Å²) in [6.07, 6.45) is 0. The molecular formula is C19H22ClFN2O4S. The Labute approximate surface area is 169 Å². The lowest BCUT2D eigenvalue weighted by Crippen LogP contribution is -2.31. The lowest BCUT2D eigenvalue weighted by molar-refractivity contribution is 0.0590. The van der Waals surface area contributed by atoms with E-state index in [2.05, 4.69) is 4.74 Å². The van der Waals surface area contributed by atoms with Crippen LogP contribution in [0.4, 0.5) is 4.39 Å². The maximum absolute atomic E-state index is 14.2. The number of rotatable bonds is 5. The second-order valence-electron chi connectivity index (χ2n) is 6.44. The van der Waals surface area contributed by atoms with Crippen LogP contribution in [0.2, 0.25) is 0 Å². The number of methoxy groups -OCH3 is 1. The highest BCUT2D eigenvalue weighted by Gasteiger charge is 2.41. The fourth-order valence-corrected chi connectivity index (χ4v) is 5.22. The first kappa shape index (κ1) is 22.3. The number of hydrogen-bond donors (Lipinski definition) is 1. The summed E-state index contributed by atoms with van der Waals surface area (Å²) in [7, 11) is -3.01. The van der Waals surface area contributed by atoms with Gasteiger partial charge in [-0.15, -0.1) is 12.4 Å². The number of ether oxygens (including phenoxy) is 1. The van der Waals surface area contributed by atoms with Crippen molar-refractivity contribution in [2.75, 3.05) is 26.7 Å². The fourth-order valence-electron chi connectivity index (χ4n) is 3.50. The van der Waals surface area contributed by atoms with Crippen LogP contribution in [0.1, 0.15) is 21.8 Å². The predicted molar refractivity (Wildman–Crippen MR) is 105 cm³/mol. The van der Waals surface area contributed by atoms with Crippen LogP contribution in [0.3, 0.4) is 0 Å². The Bertz CT molecular complexity index is 940. The summed E-state index contributed by atoms with van der Waals surface area (Å²) >= 11 is 0. The highest BCUT2D eigenvalue weighted by molar-refractivity contribution is 7.89. The molecule has 28 heavy (non-hydrogen) atoms. The van der Waals surface area contributed by atoms with Crippen molar-refractivity contribution in [3.63, 3.8) is 0 Å². The molecule has 0 saturated carbocycles. The molecule has 2 aromatic carbocycles. The van der Waals surface area contributed by atoms with E-state index in [4.69, 9.17) is 5.73 Å². The van der Waals surface area contributed by atoms with Gasteiger partial charge in [0, 0.05) is 19.0 Å². The third kappa shape index (κ3) is 4.05. The summed E-state index contributed by atoms with van der Waals surface area (Å²) in [6.45, 7) is 0.736. The standard InChI is InChI=1S/C19H21FN2O4S.ClH/c1-26-19(23)18-16(20)8-5-9-17(18)27(24,25)22-11-14(10-21)15(12-22)13-6-3-2-4-7-13;/h2-9,14-15H,10-12,21H2,1H3;1H/t14-,15+;/m1./s1. The first-order valence-corrected chi connectivity index (χ1v) is 9.96. The van der Waals surface area contributed by atoms with Crippen LogP contribution in [0, 0.1) is 11.7 Å². The molecule has 0 amide bonds. The molecule has 1 fully saturated rings. The molecule has 1 aliphatic rings. The van der Waals surface area contributed by atoms with Gasteiger partial charge in [-0.25, -0.2) is 17.6 Å². The zero-order valence-corrected chi connectivity index (χ0v) is 16.9. The molecule has 6 nitrogen and oxygen atoms in total. The van der Waals surface area contributed by atoms with E-state index in [1.165, 1.54) is 16.4 Å². The minimum atomic E-state index is -4.09. The van der Waals surface area contributed by atoms with Gasteiger partial charge < -0.3 is 10.5 Å². The van der Waals surface area contributed by atoms with E-state index in [1.807, 2.05) is 30.3 Å². The first-order chi connectivity index (χ1) is 12.9. The van der Waals surface area contributed by atoms with Gasteiger partial charge >= 0.3 is 5.97 Å². The molecule has 2 atom stereocenters. The molecule has 0 aliphatic carbocycles. The number of carbonyl (C=O) groups is 1. The third-order valence-corrected chi connectivity index (χ3v) is 6.79. The van der Waals surface area contributed by atoms with Crippen LogP contribution in [0.25, 0.3) is 0 Å². The molecule has 152 valence electrons. The Balaban J connectivity index is 0.00000280. The Morgan fingerprint density at radius 2 is 1.86 bits per heavy atom. The highest BCUT2D eigenvalue weighted by Crippen LogP contribution is 2.36. The van der Waals surface area contributed by atoms with E-state index < -0.39 is 27.4 Å². The molecule has 0 radical (unpaired) electrons. The van der Waals surface area contributed by atoms with Crippen LogP contribution in [0.15, 0.2) is 53.4 Å². The van der Waals surface area contributed by atoms with Gasteiger partial charge in [0.15, 0.2) is 0 Å². The first-order valence-electron chi connectivity index (χ1n) is 8.52. The normalized spacial score (nSPS) is 19.8. The summed E-state index contributed by atoms with van der Waals surface area (Å²) in [4.78, 5) is 11.6. The van der Waals surface area contributed by atoms with Crippen LogP contribution >= 0.6 is 12.4 Å². The lowest BCUT2D eigenvalue weighted by atomic mass is 9.89. The van der Waals surface area contributed by atoms with Gasteiger partial charge in [0.2, 0.25) is 10.0 Å². The Morgan fingerprint density at radius 1 is 1.18 bits per heavy atom. The van der Waals surface area contributed by atoms with Gasteiger partial charge in [-0.1, -0.05) is 36.4 Å². The van der Waals surface area contributed by atoms with E-state index in [9.17, 15) is 17.6 Å². The van der Waals surface area contributed by atoms with Crippen molar-refractivity contribution < 1.29 is 22.3 Å². The molecule has 2 N–H and O–H groups in total. The maximum atomic E-state index is 14.2. The average molecular weight is 429 g/mol. The summed E-state index contributed by atoms with van der Waals surface area (Å²) in [6, 6.07) is 13.1. The van der Waals surface area contributed by atoms with Gasteiger partial charge in [-0.05, 0) is 30.2 Å². The average Bonchev–Trinajstić information content (AvgIpc) is 3.13. The van der Waals surface area contributed by atoms with Crippen molar-refractivity contribution in [1.29, 1.82) is 0 Å². The van der Waals surface area contributed by atoms with Crippen molar-refractivity contribution in [2.45, 2.75) is 10.8 Å². The number of esters is 1. The Morgan fingerprint density at radius 3 is 2.46 bits per heavy atom. The minimum absolute atomic E-state index is 0. The van der Waals surface area contributed by atoms with Crippen molar-refractivity contribution in [2.24, 2.45) is 11.7 Å².